The number of carbonyl (C=O) groups is 2. The maximum absolute atomic E-state index is 13.0. The van der Waals surface area contributed by atoms with Gasteiger partial charge in [0.25, 0.3) is 0 Å². The number of ether oxygens (including phenoxy) is 3. The number of carbonyl (C=O) groups excluding carboxylic acids is 2. The molecule has 3 rings (SSSR count). The highest BCUT2D eigenvalue weighted by Gasteiger charge is 2.57. The van der Waals surface area contributed by atoms with Crippen LogP contribution in [-0.4, -0.2) is 36.5 Å². The Bertz CT molecular complexity index is 807. The Morgan fingerprint density at radius 1 is 1.22 bits per heavy atom. The van der Waals surface area contributed by atoms with E-state index >= 15 is 0 Å². The van der Waals surface area contributed by atoms with E-state index in [-0.39, 0.29) is 39.4 Å². The molecule has 1 spiro atoms. The number of rotatable bonds is 2. The molecule has 1 aromatic carbocycles. The molecular weight excluding hydrogens is 324 g/mol. The molecule has 120 valence electrons. The van der Waals surface area contributed by atoms with Gasteiger partial charge in [0.1, 0.15) is 22.1 Å². The van der Waals surface area contributed by atoms with Gasteiger partial charge in [-0.05, 0) is 18.6 Å². The Balaban J connectivity index is 2.27. The van der Waals surface area contributed by atoms with Crippen molar-refractivity contribution in [3.63, 3.8) is 0 Å². The minimum Gasteiger partial charge on any atom is -0.507 e. The molecule has 1 heterocycles. The summed E-state index contributed by atoms with van der Waals surface area (Å²) in [5, 5.41) is 10.2. The quantitative estimate of drug-likeness (QED) is 0.893. The number of Topliss-reactive ketones (excluding diaryl/α,β-unsaturated/α-hetero) is 1. The molecule has 2 aliphatic rings. The molecule has 1 aromatic rings. The van der Waals surface area contributed by atoms with Crippen molar-refractivity contribution >= 4 is 23.2 Å². The maximum atomic E-state index is 13.0. The summed E-state index contributed by atoms with van der Waals surface area (Å²) in [6.07, 6.45) is 2.47. The maximum Gasteiger partial charge on any atom is 0.249 e. The number of phenolic OH excluding ortho intramolecular Hbond substituents is 1. The third-order valence-corrected chi connectivity index (χ3v) is 4.30. The topological polar surface area (TPSA) is 82.1 Å². The van der Waals surface area contributed by atoms with Gasteiger partial charge in [-0.15, -0.1) is 0 Å². The van der Waals surface area contributed by atoms with Crippen LogP contribution in [0.5, 0.6) is 17.2 Å². The predicted molar refractivity (Wildman–Crippen MR) is 81.2 cm³/mol. The molecule has 0 amide bonds. The van der Waals surface area contributed by atoms with Gasteiger partial charge in [-0.25, -0.2) is 0 Å². The van der Waals surface area contributed by atoms with Crippen molar-refractivity contribution in [2.45, 2.75) is 12.5 Å². The zero-order valence-corrected chi connectivity index (χ0v) is 13.4. The number of fused-ring (bicyclic) bond motifs is 1. The second-order valence-electron chi connectivity index (χ2n) is 5.17. The Morgan fingerprint density at radius 2 is 1.91 bits per heavy atom. The van der Waals surface area contributed by atoms with Gasteiger partial charge in [0, 0.05) is 12.1 Å². The molecule has 0 saturated heterocycles. The molecule has 0 unspecified atom stereocenters. The molecular formula is C16H13ClO6. The van der Waals surface area contributed by atoms with Gasteiger partial charge in [-0.1, -0.05) is 11.6 Å². The highest BCUT2D eigenvalue weighted by atomic mass is 35.5. The van der Waals surface area contributed by atoms with Crippen molar-refractivity contribution in [3.05, 3.63) is 40.1 Å². The third-order valence-electron chi connectivity index (χ3n) is 3.94. The first-order chi connectivity index (χ1) is 10.9. The van der Waals surface area contributed by atoms with Crippen LogP contribution in [-0.2, 0) is 9.53 Å². The first-order valence-corrected chi connectivity index (χ1v) is 7.06. The van der Waals surface area contributed by atoms with E-state index in [2.05, 4.69) is 0 Å². The van der Waals surface area contributed by atoms with Crippen LogP contribution in [0.2, 0.25) is 5.02 Å². The van der Waals surface area contributed by atoms with Gasteiger partial charge in [0.05, 0.1) is 14.2 Å². The Morgan fingerprint density at radius 3 is 2.52 bits per heavy atom. The summed E-state index contributed by atoms with van der Waals surface area (Å²) in [5.41, 5.74) is -1.36. The van der Waals surface area contributed by atoms with Crippen molar-refractivity contribution in [1.82, 2.24) is 0 Å². The normalized spacial score (nSPS) is 22.4. The smallest absolute Gasteiger partial charge is 0.249 e. The number of methoxy groups -OCH3 is 2. The summed E-state index contributed by atoms with van der Waals surface area (Å²) in [6, 6.07) is 1.24. The number of hydrogen-bond acceptors (Lipinski definition) is 6. The number of halogens is 1. The van der Waals surface area contributed by atoms with Gasteiger partial charge in [-0.3, -0.25) is 9.59 Å². The molecule has 1 N–H and O–H groups in total. The third kappa shape index (κ3) is 1.88. The summed E-state index contributed by atoms with van der Waals surface area (Å²) in [7, 11) is 2.71. The number of allylic oxidation sites excluding steroid dienone is 2. The van der Waals surface area contributed by atoms with Crippen LogP contribution in [0.4, 0.5) is 0 Å². The Kier molecular flexibility index (Phi) is 3.37. The average molecular weight is 337 g/mol. The van der Waals surface area contributed by atoms with Crippen LogP contribution in [0.1, 0.15) is 17.3 Å². The van der Waals surface area contributed by atoms with E-state index in [4.69, 9.17) is 25.8 Å². The Labute approximate surface area is 136 Å². The van der Waals surface area contributed by atoms with Gasteiger partial charge in [0.2, 0.25) is 11.4 Å². The largest absolute Gasteiger partial charge is 0.507 e. The summed E-state index contributed by atoms with van der Waals surface area (Å²) in [5.74, 6) is -0.974. The minimum atomic E-state index is -1.64. The average Bonchev–Trinajstić information content (AvgIpc) is 2.82. The standard InChI is InChI=1S/C16H13ClO6/c1-7-4-8(18)5-11(22-3)16(7)15(20)12-9(19)6-10(21-2)13(17)14(12)23-16/h4-6,19H,1-3H3/t16-/m0/s1. The van der Waals surface area contributed by atoms with Gasteiger partial charge in [0.15, 0.2) is 17.3 Å². The van der Waals surface area contributed by atoms with E-state index in [0.717, 1.165) is 0 Å². The lowest BCUT2D eigenvalue weighted by Gasteiger charge is -2.31. The summed E-state index contributed by atoms with van der Waals surface area (Å²) >= 11 is 6.20. The van der Waals surface area contributed by atoms with Crippen LogP contribution in [0.15, 0.2) is 29.6 Å². The molecule has 0 fully saturated rings. The summed E-state index contributed by atoms with van der Waals surface area (Å²) in [4.78, 5) is 24.7. The molecule has 1 aliphatic carbocycles. The van der Waals surface area contributed by atoms with Crippen LogP contribution in [0.3, 0.4) is 0 Å². The second-order valence-corrected chi connectivity index (χ2v) is 5.55. The molecule has 0 bridgehead atoms. The first-order valence-electron chi connectivity index (χ1n) is 6.69. The van der Waals surface area contributed by atoms with Crippen molar-refractivity contribution < 1.29 is 28.9 Å². The van der Waals surface area contributed by atoms with E-state index in [1.807, 2.05) is 0 Å². The lowest BCUT2D eigenvalue weighted by molar-refractivity contribution is -0.111. The molecule has 1 aliphatic heterocycles. The van der Waals surface area contributed by atoms with E-state index in [1.54, 1.807) is 6.92 Å². The highest BCUT2D eigenvalue weighted by Crippen LogP contribution is 2.53. The number of ketones is 2. The fourth-order valence-electron chi connectivity index (χ4n) is 2.84. The zero-order valence-electron chi connectivity index (χ0n) is 12.6. The SMILES string of the molecule is COC1=CC(=O)C=C(C)[C@]12Oc1c(Cl)c(OC)cc(O)c1C2=O. The van der Waals surface area contributed by atoms with Crippen LogP contribution >= 0.6 is 11.6 Å². The van der Waals surface area contributed by atoms with Crippen LogP contribution in [0, 0.1) is 0 Å². The van der Waals surface area contributed by atoms with Gasteiger partial charge in [-0.2, -0.15) is 0 Å². The number of aromatic hydroxyl groups is 1. The van der Waals surface area contributed by atoms with Crippen molar-refractivity contribution in [2.75, 3.05) is 14.2 Å². The molecule has 1 atom stereocenters. The van der Waals surface area contributed by atoms with Crippen LogP contribution < -0.4 is 9.47 Å². The highest BCUT2D eigenvalue weighted by molar-refractivity contribution is 6.35. The van der Waals surface area contributed by atoms with E-state index < -0.39 is 11.4 Å². The lowest BCUT2D eigenvalue weighted by Crippen LogP contribution is -2.46. The van der Waals surface area contributed by atoms with Crippen molar-refractivity contribution in [3.8, 4) is 17.2 Å². The van der Waals surface area contributed by atoms with E-state index in [9.17, 15) is 14.7 Å². The summed E-state index contributed by atoms with van der Waals surface area (Å²) in [6.45, 7) is 1.58. The minimum absolute atomic E-state index is 0.00133. The van der Waals surface area contributed by atoms with Gasteiger partial charge < -0.3 is 19.3 Å². The molecule has 23 heavy (non-hydrogen) atoms. The lowest BCUT2D eigenvalue weighted by atomic mass is 9.82. The number of benzene rings is 1. The molecule has 0 saturated carbocycles. The first kappa shape index (κ1) is 15.4. The second kappa shape index (κ2) is 5.03. The zero-order chi connectivity index (χ0) is 16.9. The van der Waals surface area contributed by atoms with Crippen molar-refractivity contribution in [2.24, 2.45) is 0 Å². The molecule has 0 aromatic heterocycles. The fourth-order valence-corrected chi connectivity index (χ4v) is 3.11. The molecule has 0 radical (unpaired) electrons. The number of phenols is 1. The monoisotopic (exact) mass is 336 g/mol. The van der Waals surface area contributed by atoms with E-state index in [0.29, 0.717) is 5.57 Å². The summed E-state index contributed by atoms with van der Waals surface area (Å²) < 4.78 is 16.1. The fraction of sp³-hybridized carbons (Fsp3) is 0.250. The molecule has 6 nitrogen and oxygen atoms in total. The van der Waals surface area contributed by atoms with Crippen molar-refractivity contribution in [1.29, 1.82) is 0 Å². The molecule has 7 heteroatoms. The van der Waals surface area contributed by atoms with Crippen LogP contribution in [0.25, 0.3) is 0 Å². The Hall–Kier alpha value is -2.47. The van der Waals surface area contributed by atoms with E-state index in [1.165, 1.54) is 32.4 Å². The predicted octanol–water partition coefficient (Wildman–Crippen LogP) is 2.43. The van der Waals surface area contributed by atoms with Gasteiger partial charge >= 0.3 is 0 Å². The number of hydrogen-bond donors (Lipinski definition) is 1.